The van der Waals surface area contributed by atoms with Crippen LogP contribution in [0, 0.1) is 0 Å². The van der Waals surface area contributed by atoms with E-state index in [0.29, 0.717) is 18.8 Å². The molecule has 0 atom stereocenters. The molecule has 1 heterocycles. The van der Waals surface area contributed by atoms with Crippen molar-refractivity contribution < 1.29 is 22.7 Å². The van der Waals surface area contributed by atoms with Crippen molar-refractivity contribution in [1.29, 1.82) is 0 Å². The molecule has 0 radical (unpaired) electrons. The highest BCUT2D eigenvalue weighted by Crippen LogP contribution is 2.30. The number of alkyl halides is 3. The Morgan fingerprint density at radius 1 is 1.16 bits per heavy atom. The maximum atomic E-state index is 12.4. The van der Waals surface area contributed by atoms with E-state index < -0.39 is 11.7 Å². The second-order valence-corrected chi connectivity index (χ2v) is 5.25. The van der Waals surface area contributed by atoms with Crippen LogP contribution in [0.1, 0.15) is 5.56 Å². The molecule has 0 aromatic heterocycles. The van der Waals surface area contributed by atoms with Crippen LogP contribution in [-0.4, -0.2) is 56.7 Å². The lowest BCUT2D eigenvalue weighted by atomic mass is 10.2. The minimum absolute atomic E-state index is 0. The van der Waals surface area contributed by atoms with E-state index in [1.165, 1.54) is 12.1 Å². The molecule has 1 saturated heterocycles. The fraction of sp³-hybridized carbons (Fsp3) is 0.533. The Balaban J connectivity index is 0.00000288. The average molecular weight is 404 g/mol. The number of hydrogen-bond donors (Lipinski definition) is 2. The third-order valence-electron chi connectivity index (χ3n) is 3.45. The Bertz CT molecular complexity index is 510. The number of hydrogen-bond acceptors (Lipinski definition) is 4. The molecule has 1 fully saturated rings. The van der Waals surface area contributed by atoms with Gasteiger partial charge in [0.2, 0.25) is 5.91 Å². The zero-order valence-electron chi connectivity index (χ0n) is 13.5. The minimum Gasteiger partial charge on any atom is -0.492 e. The van der Waals surface area contributed by atoms with Crippen molar-refractivity contribution in [1.82, 2.24) is 15.5 Å². The highest BCUT2D eigenvalue weighted by Gasteiger charge is 2.29. The molecule has 25 heavy (non-hydrogen) atoms. The standard InChI is InChI=1S/C15H20F3N3O2.2ClH/c16-15(17,18)12-1-3-13(4-2-12)23-10-7-20-14(22)11-21-8-5-19-6-9-21;;/h1-4,19H,5-11H2,(H,20,22);2*1H. The molecular formula is C15H22Cl2F3N3O2. The average Bonchev–Trinajstić information content (AvgIpc) is 2.52. The summed E-state index contributed by atoms with van der Waals surface area (Å²) < 4.78 is 42.5. The van der Waals surface area contributed by atoms with Crippen molar-refractivity contribution in [3.05, 3.63) is 29.8 Å². The van der Waals surface area contributed by atoms with Crippen LogP contribution in [0.3, 0.4) is 0 Å². The van der Waals surface area contributed by atoms with Crippen LogP contribution < -0.4 is 15.4 Å². The number of ether oxygens (including phenoxy) is 1. The van der Waals surface area contributed by atoms with Gasteiger partial charge in [-0.15, -0.1) is 24.8 Å². The smallest absolute Gasteiger partial charge is 0.416 e. The minimum atomic E-state index is -4.35. The predicted molar refractivity (Wildman–Crippen MR) is 93.8 cm³/mol. The third kappa shape index (κ3) is 8.62. The van der Waals surface area contributed by atoms with Gasteiger partial charge in [0.1, 0.15) is 12.4 Å². The van der Waals surface area contributed by atoms with Crippen LogP contribution in [0.25, 0.3) is 0 Å². The number of nitrogens with zero attached hydrogens (tertiary/aromatic N) is 1. The molecule has 1 amide bonds. The Labute approximate surface area is 157 Å². The second kappa shape index (κ2) is 11.4. The van der Waals surface area contributed by atoms with Crippen LogP contribution in [0.15, 0.2) is 24.3 Å². The van der Waals surface area contributed by atoms with Crippen LogP contribution in [-0.2, 0) is 11.0 Å². The van der Waals surface area contributed by atoms with Gasteiger partial charge in [-0.1, -0.05) is 0 Å². The topological polar surface area (TPSA) is 53.6 Å². The summed E-state index contributed by atoms with van der Waals surface area (Å²) in [6.45, 7) is 4.31. The Hall–Kier alpha value is -1.22. The summed E-state index contributed by atoms with van der Waals surface area (Å²) >= 11 is 0. The summed E-state index contributed by atoms with van der Waals surface area (Å²) in [6, 6.07) is 4.48. The van der Waals surface area contributed by atoms with Crippen LogP contribution in [0.4, 0.5) is 13.2 Å². The van der Waals surface area contributed by atoms with Gasteiger partial charge in [-0.25, -0.2) is 0 Å². The first-order valence-corrected chi connectivity index (χ1v) is 7.45. The maximum Gasteiger partial charge on any atom is 0.416 e. The van der Waals surface area contributed by atoms with Crippen molar-refractivity contribution >= 4 is 30.7 Å². The van der Waals surface area contributed by atoms with E-state index in [1.807, 2.05) is 0 Å². The van der Waals surface area contributed by atoms with E-state index in [0.717, 1.165) is 38.3 Å². The van der Waals surface area contributed by atoms with E-state index in [4.69, 9.17) is 4.74 Å². The van der Waals surface area contributed by atoms with Crippen molar-refractivity contribution in [2.24, 2.45) is 0 Å². The van der Waals surface area contributed by atoms with Crippen molar-refractivity contribution in [3.63, 3.8) is 0 Å². The molecular weight excluding hydrogens is 382 g/mol. The van der Waals surface area contributed by atoms with Crippen molar-refractivity contribution in [2.45, 2.75) is 6.18 Å². The first kappa shape index (κ1) is 23.8. The van der Waals surface area contributed by atoms with Gasteiger partial charge in [-0.3, -0.25) is 9.69 Å². The fourth-order valence-electron chi connectivity index (χ4n) is 2.23. The molecule has 144 valence electrons. The largest absolute Gasteiger partial charge is 0.492 e. The molecule has 0 bridgehead atoms. The number of carbonyl (C=O) groups is 1. The van der Waals surface area contributed by atoms with Gasteiger partial charge in [-0.05, 0) is 24.3 Å². The fourth-order valence-corrected chi connectivity index (χ4v) is 2.23. The first-order chi connectivity index (χ1) is 10.9. The van der Waals surface area contributed by atoms with E-state index in [1.54, 1.807) is 0 Å². The maximum absolute atomic E-state index is 12.4. The Kier molecular flexibility index (Phi) is 10.8. The van der Waals surface area contributed by atoms with Crippen LogP contribution in [0.2, 0.25) is 0 Å². The molecule has 0 aliphatic carbocycles. The summed E-state index contributed by atoms with van der Waals surface area (Å²) in [4.78, 5) is 13.8. The molecule has 2 rings (SSSR count). The van der Waals surface area contributed by atoms with Gasteiger partial charge >= 0.3 is 6.18 Å². The van der Waals surface area contributed by atoms with Crippen LogP contribution in [0.5, 0.6) is 5.75 Å². The molecule has 0 saturated carbocycles. The molecule has 5 nitrogen and oxygen atoms in total. The third-order valence-corrected chi connectivity index (χ3v) is 3.45. The molecule has 0 spiro atoms. The highest BCUT2D eigenvalue weighted by molar-refractivity contribution is 5.85. The Morgan fingerprint density at radius 2 is 1.76 bits per heavy atom. The lowest BCUT2D eigenvalue weighted by molar-refractivity contribution is -0.137. The van der Waals surface area contributed by atoms with Crippen molar-refractivity contribution in [2.75, 3.05) is 45.9 Å². The second-order valence-electron chi connectivity index (χ2n) is 5.25. The molecule has 2 N–H and O–H groups in total. The summed E-state index contributed by atoms with van der Waals surface area (Å²) in [5, 5.41) is 5.94. The number of nitrogens with one attached hydrogen (secondary N) is 2. The predicted octanol–water partition coefficient (Wildman–Crippen LogP) is 1.95. The number of carbonyl (C=O) groups excluding carboxylic acids is 1. The Morgan fingerprint density at radius 3 is 2.32 bits per heavy atom. The van der Waals surface area contributed by atoms with Crippen molar-refractivity contribution in [3.8, 4) is 5.75 Å². The van der Waals surface area contributed by atoms with Gasteiger partial charge in [0.15, 0.2) is 0 Å². The summed E-state index contributed by atoms with van der Waals surface area (Å²) in [5.74, 6) is 0.261. The summed E-state index contributed by atoms with van der Waals surface area (Å²) in [6.07, 6.45) is -4.35. The molecule has 1 aliphatic rings. The van der Waals surface area contributed by atoms with Gasteiger partial charge in [-0.2, -0.15) is 13.2 Å². The first-order valence-electron chi connectivity index (χ1n) is 7.45. The monoisotopic (exact) mass is 403 g/mol. The molecule has 1 aliphatic heterocycles. The quantitative estimate of drug-likeness (QED) is 0.712. The SMILES string of the molecule is Cl.Cl.O=C(CN1CCNCC1)NCCOc1ccc(C(F)(F)F)cc1. The summed E-state index contributed by atoms with van der Waals surface area (Å²) in [5.41, 5.74) is -0.714. The highest BCUT2D eigenvalue weighted by atomic mass is 35.5. The summed E-state index contributed by atoms with van der Waals surface area (Å²) in [7, 11) is 0. The van der Waals surface area contributed by atoms with Gasteiger partial charge in [0.25, 0.3) is 0 Å². The number of piperazine rings is 1. The molecule has 1 aromatic rings. The zero-order chi connectivity index (χ0) is 16.7. The van der Waals surface area contributed by atoms with Gasteiger partial charge < -0.3 is 15.4 Å². The van der Waals surface area contributed by atoms with E-state index in [-0.39, 0.29) is 37.3 Å². The van der Waals surface area contributed by atoms with Gasteiger partial charge in [0, 0.05) is 26.2 Å². The lowest BCUT2D eigenvalue weighted by Gasteiger charge is -2.26. The number of amides is 1. The zero-order valence-corrected chi connectivity index (χ0v) is 15.1. The van der Waals surface area contributed by atoms with Gasteiger partial charge in [0.05, 0.1) is 18.7 Å². The van der Waals surface area contributed by atoms with Crippen LogP contribution >= 0.6 is 24.8 Å². The molecule has 1 aromatic carbocycles. The normalized spacial score (nSPS) is 14.8. The number of halogens is 5. The molecule has 0 unspecified atom stereocenters. The van der Waals surface area contributed by atoms with E-state index >= 15 is 0 Å². The molecule has 10 heteroatoms. The number of benzene rings is 1. The van der Waals surface area contributed by atoms with E-state index in [9.17, 15) is 18.0 Å². The van der Waals surface area contributed by atoms with E-state index in [2.05, 4.69) is 15.5 Å². The lowest BCUT2D eigenvalue weighted by Crippen LogP contribution is -2.47. The number of rotatable bonds is 6.